The fourth-order valence-corrected chi connectivity index (χ4v) is 2.36. The number of hydrogen-bond acceptors (Lipinski definition) is 3. The minimum Gasteiger partial charge on any atom is -0.480 e. The third kappa shape index (κ3) is 3.12. The SMILES string of the molecule is CNC(C(=O)O)C(=O)N(C)c1c(C)cc(C)cc1C. The second-order valence-corrected chi connectivity index (χ2v) is 4.70. The summed E-state index contributed by atoms with van der Waals surface area (Å²) in [4.78, 5) is 24.6. The van der Waals surface area contributed by atoms with E-state index in [1.54, 1.807) is 7.05 Å². The summed E-state index contributed by atoms with van der Waals surface area (Å²) in [6, 6.07) is 2.72. The number of carbonyl (C=O) groups is 2. The Hall–Kier alpha value is -1.88. The molecule has 19 heavy (non-hydrogen) atoms. The van der Waals surface area contributed by atoms with Gasteiger partial charge in [0.25, 0.3) is 5.91 Å². The number of nitrogens with one attached hydrogen (secondary N) is 1. The second kappa shape index (κ2) is 5.84. The number of likely N-dealkylation sites (N-methyl/N-ethyl adjacent to an activating group) is 2. The zero-order valence-electron chi connectivity index (χ0n) is 11.9. The molecular weight excluding hydrogens is 244 g/mol. The number of benzene rings is 1. The molecule has 1 rings (SSSR count). The standard InChI is InChI=1S/C14H20N2O3/c1-8-6-9(2)12(10(3)7-8)16(5)13(17)11(15-4)14(18)19/h6-7,11,15H,1-5H3,(H,18,19). The van der Waals surface area contributed by atoms with Crippen LogP contribution in [0.25, 0.3) is 0 Å². The van der Waals surface area contributed by atoms with Crippen LogP contribution in [0.5, 0.6) is 0 Å². The minimum atomic E-state index is -1.23. The molecule has 1 aromatic carbocycles. The first kappa shape index (κ1) is 15.2. The van der Waals surface area contributed by atoms with Crippen molar-refractivity contribution in [1.29, 1.82) is 0 Å². The molecule has 0 aromatic heterocycles. The summed E-state index contributed by atoms with van der Waals surface area (Å²) in [5, 5.41) is 11.5. The quantitative estimate of drug-likeness (QED) is 0.803. The second-order valence-electron chi connectivity index (χ2n) is 4.70. The van der Waals surface area contributed by atoms with E-state index in [4.69, 9.17) is 5.11 Å². The Labute approximate surface area is 113 Å². The first-order valence-corrected chi connectivity index (χ1v) is 6.05. The van der Waals surface area contributed by atoms with Crippen molar-refractivity contribution < 1.29 is 14.7 Å². The van der Waals surface area contributed by atoms with Gasteiger partial charge >= 0.3 is 5.97 Å². The summed E-state index contributed by atoms with van der Waals surface area (Å²) in [5.41, 5.74) is 3.78. The lowest BCUT2D eigenvalue weighted by Crippen LogP contribution is -2.49. The van der Waals surface area contributed by atoms with E-state index in [9.17, 15) is 9.59 Å². The molecule has 5 nitrogen and oxygen atoms in total. The summed E-state index contributed by atoms with van der Waals surface area (Å²) in [5.74, 6) is -1.66. The highest BCUT2D eigenvalue weighted by Gasteiger charge is 2.29. The van der Waals surface area contributed by atoms with E-state index in [2.05, 4.69) is 5.32 Å². The average Bonchev–Trinajstić information content (AvgIpc) is 2.27. The summed E-state index contributed by atoms with van der Waals surface area (Å²) < 4.78 is 0. The Balaban J connectivity index is 3.17. The molecule has 1 unspecified atom stereocenters. The van der Waals surface area contributed by atoms with Gasteiger partial charge in [-0.3, -0.25) is 10.1 Å². The Morgan fingerprint density at radius 3 is 2.05 bits per heavy atom. The topological polar surface area (TPSA) is 69.6 Å². The van der Waals surface area contributed by atoms with E-state index in [-0.39, 0.29) is 0 Å². The molecule has 104 valence electrons. The fraction of sp³-hybridized carbons (Fsp3) is 0.429. The van der Waals surface area contributed by atoms with E-state index >= 15 is 0 Å². The number of aryl methyl sites for hydroxylation is 3. The molecule has 0 fully saturated rings. The highest BCUT2D eigenvalue weighted by Crippen LogP contribution is 2.25. The number of amides is 1. The van der Waals surface area contributed by atoms with Crippen molar-refractivity contribution in [2.45, 2.75) is 26.8 Å². The number of carbonyl (C=O) groups excluding carboxylic acids is 1. The van der Waals surface area contributed by atoms with Gasteiger partial charge in [-0.1, -0.05) is 17.7 Å². The Morgan fingerprint density at radius 2 is 1.68 bits per heavy atom. The van der Waals surface area contributed by atoms with Gasteiger partial charge in [0.2, 0.25) is 0 Å². The van der Waals surface area contributed by atoms with E-state index < -0.39 is 17.9 Å². The van der Waals surface area contributed by atoms with E-state index in [1.807, 2.05) is 32.9 Å². The van der Waals surface area contributed by atoms with Crippen LogP contribution in [0.2, 0.25) is 0 Å². The van der Waals surface area contributed by atoms with Crippen LogP contribution in [-0.4, -0.2) is 37.1 Å². The number of nitrogens with zero attached hydrogens (tertiary/aromatic N) is 1. The van der Waals surface area contributed by atoms with Crippen LogP contribution in [0.15, 0.2) is 12.1 Å². The molecule has 0 heterocycles. The van der Waals surface area contributed by atoms with Gasteiger partial charge in [0, 0.05) is 12.7 Å². The third-order valence-electron chi connectivity index (χ3n) is 3.08. The van der Waals surface area contributed by atoms with Crippen LogP contribution >= 0.6 is 0 Å². The predicted molar refractivity (Wildman–Crippen MR) is 74.5 cm³/mol. The Bertz CT molecular complexity index is 488. The van der Waals surface area contributed by atoms with Gasteiger partial charge in [0.15, 0.2) is 6.04 Å². The first-order valence-electron chi connectivity index (χ1n) is 6.05. The van der Waals surface area contributed by atoms with Crippen LogP contribution in [0, 0.1) is 20.8 Å². The number of hydrogen-bond donors (Lipinski definition) is 2. The van der Waals surface area contributed by atoms with Crippen molar-refractivity contribution >= 4 is 17.6 Å². The fourth-order valence-electron chi connectivity index (χ4n) is 2.36. The van der Waals surface area contributed by atoms with Gasteiger partial charge in [-0.2, -0.15) is 0 Å². The molecule has 0 aliphatic rings. The highest BCUT2D eigenvalue weighted by molar-refractivity contribution is 6.09. The number of anilines is 1. The highest BCUT2D eigenvalue weighted by atomic mass is 16.4. The maximum atomic E-state index is 12.2. The molecule has 0 aliphatic heterocycles. The lowest BCUT2D eigenvalue weighted by atomic mass is 10.0. The first-order chi connectivity index (χ1) is 8.79. The van der Waals surface area contributed by atoms with Gasteiger partial charge in [-0.25, -0.2) is 4.79 Å². The molecule has 1 amide bonds. The van der Waals surface area contributed by atoms with Gasteiger partial charge < -0.3 is 10.0 Å². The largest absolute Gasteiger partial charge is 0.480 e. The zero-order valence-corrected chi connectivity index (χ0v) is 11.9. The molecular formula is C14H20N2O3. The molecule has 0 spiro atoms. The van der Waals surface area contributed by atoms with Gasteiger partial charge in [0.05, 0.1) is 0 Å². The lowest BCUT2D eigenvalue weighted by Gasteiger charge is -2.25. The average molecular weight is 264 g/mol. The van der Waals surface area contributed by atoms with Crippen molar-refractivity contribution in [3.8, 4) is 0 Å². The Kier molecular flexibility index (Phi) is 4.67. The van der Waals surface area contributed by atoms with Gasteiger partial charge in [-0.15, -0.1) is 0 Å². The summed E-state index contributed by atoms with van der Waals surface area (Å²) in [7, 11) is 3.06. The summed E-state index contributed by atoms with van der Waals surface area (Å²) >= 11 is 0. The smallest absolute Gasteiger partial charge is 0.330 e. The number of carboxylic acids is 1. The van der Waals surface area contributed by atoms with Crippen LogP contribution in [0.4, 0.5) is 5.69 Å². The van der Waals surface area contributed by atoms with Crippen LogP contribution in [0.1, 0.15) is 16.7 Å². The molecule has 0 bridgehead atoms. The third-order valence-corrected chi connectivity index (χ3v) is 3.08. The minimum absolute atomic E-state index is 0.481. The van der Waals surface area contributed by atoms with Crippen molar-refractivity contribution in [1.82, 2.24) is 5.32 Å². The van der Waals surface area contributed by atoms with Crippen LogP contribution in [-0.2, 0) is 9.59 Å². The van der Waals surface area contributed by atoms with Crippen molar-refractivity contribution in [2.75, 3.05) is 19.0 Å². The molecule has 2 N–H and O–H groups in total. The van der Waals surface area contributed by atoms with Crippen molar-refractivity contribution in [3.63, 3.8) is 0 Å². The maximum absolute atomic E-state index is 12.2. The van der Waals surface area contributed by atoms with Gasteiger partial charge in [-0.05, 0) is 38.9 Å². The normalized spacial score (nSPS) is 12.1. The summed E-state index contributed by atoms with van der Waals surface area (Å²) in [6.45, 7) is 5.81. The molecule has 0 aliphatic carbocycles. The van der Waals surface area contributed by atoms with Crippen LogP contribution in [0.3, 0.4) is 0 Å². The zero-order chi connectivity index (χ0) is 14.7. The number of aliphatic carboxylic acids is 1. The van der Waals surface area contributed by atoms with Crippen molar-refractivity contribution in [2.24, 2.45) is 0 Å². The molecule has 1 aromatic rings. The molecule has 0 radical (unpaired) electrons. The number of rotatable bonds is 4. The van der Waals surface area contributed by atoms with Crippen molar-refractivity contribution in [3.05, 3.63) is 28.8 Å². The van der Waals surface area contributed by atoms with E-state index in [0.717, 1.165) is 22.4 Å². The number of carboxylic acid groups (broad SMARTS) is 1. The Morgan fingerprint density at radius 1 is 1.21 bits per heavy atom. The summed E-state index contributed by atoms with van der Waals surface area (Å²) in [6.07, 6.45) is 0. The van der Waals surface area contributed by atoms with Gasteiger partial charge in [0.1, 0.15) is 0 Å². The lowest BCUT2D eigenvalue weighted by molar-refractivity contribution is -0.143. The molecule has 0 saturated heterocycles. The maximum Gasteiger partial charge on any atom is 0.330 e. The predicted octanol–water partition coefficient (Wildman–Crippen LogP) is 1.25. The molecule has 1 atom stereocenters. The molecule has 5 heteroatoms. The van der Waals surface area contributed by atoms with E-state index in [0.29, 0.717) is 0 Å². The molecule has 0 saturated carbocycles. The van der Waals surface area contributed by atoms with E-state index in [1.165, 1.54) is 11.9 Å². The van der Waals surface area contributed by atoms with Crippen LogP contribution < -0.4 is 10.2 Å². The monoisotopic (exact) mass is 264 g/mol.